The highest BCUT2D eigenvalue weighted by Crippen LogP contribution is 2.12. The molecule has 1 aromatic rings. The SMILES string of the molecule is CN=C(NO)c1cccc([N+](=O)[O-])c1. The largest absolute Gasteiger partial charge is 0.290 e. The van der Waals surface area contributed by atoms with Crippen molar-refractivity contribution in [1.29, 1.82) is 0 Å². The minimum atomic E-state index is -0.506. The van der Waals surface area contributed by atoms with Gasteiger partial charge in [0.2, 0.25) is 0 Å². The van der Waals surface area contributed by atoms with Crippen LogP contribution >= 0.6 is 0 Å². The molecule has 0 fully saturated rings. The zero-order valence-corrected chi connectivity index (χ0v) is 7.47. The highest BCUT2D eigenvalue weighted by molar-refractivity contribution is 5.98. The predicted octanol–water partition coefficient (Wildman–Crippen LogP) is 0.950. The number of hydroxylamine groups is 1. The van der Waals surface area contributed by atoms with Crippen LogP contribution in [0.5, 0.6) is 0 Å². The average Bonchev–Trinajstić information content (AvgIpc) is 2.20. The molecular weight excluding hydrogens is 186 g/mol. The lowest BCUT2D eigenvalue weighted by Gasteiger charge is -2.02. The molecule has 1 aromatic carbocycles. The zero-order valence-electron chi connectivity index (χ0n) is 7.47. The summed E-state index contributed by atoms with van der Waals surface area (Å²) in [6.45, 7) is 0. The summed E-state index contributed by atoms with van der Waals surface area (Å²) in [5, 5.41) is 19.1. The molecule has 0 amide bonds. The van der Waals surface area contributed by atoms with Gasteiger partial charge in [0.15, 0.2) is 5.84 Å². The first kappa shape index (κ1) is 10.1. The van der Waals surface area contributed by atoms with Crippen molar-refractivity contribution in [2.75, 3.05) is 7.05 Å². The van der Waals surface area contributed by atoms with E-state index in [1.165, 1.54) is 25.2 Å². The van der Waals surface area contributed by atoms with Crippen LogP contribution in [0, 0.1) is 10.1 Å². The Kier molecular flexibility index (Phi) is 3.14. The number of nitro benzene ring substituents is 1. The summed E-state index contributed by atoms with van der Waals surface area (Å²) in [4.78, 5) is 13.6. The Morgan fingerprint density at radius 3 is 2.86 bits per heavy atom. The molecule has 0 atom stereocenters. The van der Waals surface area contributed by atoms with Gasteiger partial charge in [0.1, 0.15) is 0 Å². The first-order valence-electron chi connectivity index (χ1n) is 3.80. The fraction of sp³-hybridized carbons (Fsp3) is 0.125. The van der Waals surface area contributed by atoms with Crippen LogP contribution < -0.4 is 5.48 Å². The third-order valence-electron chi connectivity index (χ3n) is 1.66. The highest BCUT2D eigenvalue weighted by atomic mass is 16.6. The van der Waals surface area contributed by atoms with Gasteiger partial charge in [0.25, 0.3) is 5.69 Å². The van der Waals surface area contributed by atoms with Crippen molar-refractivity contribution in [2.24, 2.45) is 4.99 Å². The van der Waals surface area contributed by atoms with Crippen LogP contribution in [0.4, 0.5) is 5.69 Å². The Labute approximate surface area is 80.0 Å². The lowest BCUT2D eigenvalue weighted by molar-refractivity contribution is -0.384. The number of aliphatic imine (C=N–C) groups is 1. The van der Waals surface area contributed by atoms with Crippen molar-refractivity contribution in [3.63, 3.8) is 0 Å². The molecule has 2 N–H and O–H groups in total. The summed E-state index contributed by atoms with van der Waals surface area (Å²) >= 11 is 0. The van der Waals surface area contributed by atoms with Crippen LogP contribution in [0.2, 0.25) is 0 Å². The van der Waals surface area contributed by atoms with Crippen molar-refractivity contribution in [1.82, 2.24) is 5.48 Å². The molecule has 0 aromatic heterocycles. The van der Waals surface area contributed by atoms with Crippen LogP contribution in [0.3, 0.4) is 0 Å². The van der Waals surface area contributed by atoms with Crippen LogP contribution in [-0.2, 0) is 0 Å². The summed E-state index contributed by atoms with van der Waals surface area (Å²) in [5.74, 6) is 0.189. The van der Waals surface area contributed by atoms with Crippen molar-refractivity contribution < 1.29 is 10.1 Å². The van der Waals surface area contributed by atoms with Gasteiger partial charge in [-0.25, -0.2) is 0 Å². The van der Waals surface area contributed by atoms with Gasteiger partial charge in [-0.2, -0.15) is 0 Å². The fourth-order valence-electron chi connectivity index (χ4n) is 1.01. The molecule has 0 aliphatic rings. The molecule has 0 saturated heterocycles. The van der Waals surface area contributed by atoms with E-state index in [4.69, 9.17) is 5.21 Å². The smallest absolute Gasteiger partial charge is 0.270 e. The highest BCUT2D eigenvalue weighted by Gasteiger charge is 2.08. The summed E-state index contributed by atoms with van der Waals surface area (Å²) in [5.41, 5.74) is 2.28. The number of rotatable bonds is 2. The molecule has 1 rings (SSSR count). The molecule has 0 bridgehead atoms. The van der Waals surface area contributed by atoms with E-state index in [0.29, 0.717) is 5.56 Å². The maximum Gasteiger partial charge on any atom is 0.270 e. The quantitative estimate of drug-likeness (QED) is 0.318. The Morgan fingerprint density at radius 1 is 1.64 bits per heavy atom. The van der Waals surface area contributed by atoms with E-state index in [-0.39, 0.29) is 11.5 Å². The third kappa shape index (κ3) is 2.05. The van der Waals surface area contributed by atoms with E-state index < -0.39 is 4.92 Å². The number of hydrogen-bond donors (Lipinski definition) is 2. The number of amidine groups is 1. The monoisotopic (exact) mass is 195 g/mol. The molecular formula is C8H9N3O3. The van der Waals surface area contributed by atoms with E-state index in [0.717, 1.165) is 0 Å². The van der Waals surface area contributed by atoms with Crippen molar-refractivity contribution in [3.05, 3.63) is 39.9 Å². The van der Waals surface area contributed by atoms with Gasteiger partial charge >= 0.3 is 0 Å². The van der Waals surface area contributed by atoms with E-state index in [1.807, 2.05) is 5.48 Å². The van der Waals surface area contributed by atoms with E-state index in [1.54, 1.807) is 6.07 Å². The molecule has 0 saturated carbocycles. The molecule has 6 nitrogen and oxygen atoms in total. The van der Waals surface area contributed by atoms with Gasteiger partial charge in [-0.1, -0.05) is 12.1 Å². The molecule has 0 aliphatic heterocycles. The fourth-order valence-corrected chi connectivity index (χ4v) is 1.01. The van der Waals surface area contributed by atoms with Crippen LogP contribution in [-0.4, -0.2) is 23.0 Å². The second-order valence-electron chi connectivity index (χ2n) is 2.49. The minimum Gasteiger partial charge on any atom is -0.290 e. The van der Waals surface area contributed by atoms with Gasteiger partial charge in [-0.3, -0.25) is 25.8 Å². The van der Waals surface area contributed by atoms with Gasteiger partial charge in [0.05, 0.1) is 4.92 Å². The molecule has 74 valence electrons. The maximum atomic E-state index is 10.4. The molecule has 6 heteroatoms. The molecule has 0 aliphatic carbocycles. The summed E-state index contributed by atoms with van der Waals surface area (Å²) in [6, 6.07) is 5.83. The number of nitrogens with zero attached hydrogens (tertiary/aromatic N) is 2. The Bertz CT molecular complexity index is 376. The van der Waals surface area contributed by atoms with Crippen molar-refractivity contribution in [3.8, 4) is 0 Å². The average molecular weight is 195 g/mol. The number of non-ortho nitro benzene ring substituents is 1. The molecule has 0 radical (unpaired) electrons. The number of nitrogens with one attached hydrogen (secondary N) is 1. The van der Waals surface area contributed by atoms with E-state index >= 15 is 0 Å². The lowest BCUT2D eigenvalue weighted by Crippen LogP contribution is -2.20. The summed E-state index contributed by atoms with van der Waals surface area (Å²) in [7, 11) is 1.47. The van der Waals surface area contributed by atoms with Crippen molar-refractivity contribution >= 4 is 11.5 Å². The third-order valence-corrected chi connectivity index (χ3v) is 1.66. The lowest BCUT2D eigenvalue weighted by atomic mass is 10.2. The normalized spacial score (nSPS) is 11.1. The topological polar surface area (TPSA) is 87.8 Å². The Hall–Kier alpha value is -1.95. The zero-order chi connectivity index (χ0) is 10.6. The Balaban J connectivity index is 3.11. The second-order valence-corrected chi connectivity index (χ2v) is 2.49. The predicted molar refractivity (Wildman–Crippen MR) is 50.5 cm³/mol. The van der Waals surface area contributed by atoms with Gasteiger partial charge in [-0.05, 0) is 0 Å². The van der Waals surface area contributed by atoms with Gasteiger partial charge in [0, 0.05) is 24.7 Å². The summed E-state index contributed by atoms with van der Waals surface area (Å²) < 4.78 is 0. The van der Waals surface area contributed by atoms with E-state index in [9.17, 15) is 10.1 Å². The van der Waals surface area contributed by atoms with Gasteiger partial charge in [-0.15, -0.1) is 0 Å². The Morgan fingerprint density at radius 2 is 2.36 bits per heavy atom. The molecule has 14 heavy (non-hydrogen) atoms. The first-order valence-corrected chi connectivity index (χ1v) is 3.80. The molecule has 0 heterocycles. The van der Waals surface area contributed by atoms with Crippen molar-refractivity contribution in [2.45, 2.75) is 0 Å². The maximum absolute atomic E-state index is 10.4. The van der Waals surface area contributed by atoms with Crippen LogP contribution in [0.15, 0.2) is 29.3 Å². The molecule has 0 spiro atoms. The number of nitro groups is 1. The number of benzene rings is 1. The standard InChI is InChI=1S/C8H9N3O3/c1-9-8(10-12)6-3-2-4-7(5-6)11(13)14/h2-5,12H,1H3,(H,9,10). The van der Waals surface area contributed by atoms with Gasteiger partial charge < -0.3 is 0 Å². The van der Waals surface area contributed by atoms with Crippen LogP contribution in [0.25, 0.3) is 0 Å². The van der Waals surface area contributed by atoms with Crippen LogP contribution in [0.1, 0.15) is 5.56 Å². The van der Waals surface area contributed by atoms with E-state index in [2.05, 4.69) is 4.99 Å². The molecule has 0 unspecified atom stereocenters. The summed E-state index contributed by atoms with van der Waals surface area (Å²) in [6.07, 6.45) is 0. The second kappa shape index (κ2) is 4.33. The first-order chi connectivity index (χ1) is 6.69. The minimum absolute atomic E-state index is 0.0427. The number of hydrogen-bond acceptors (Lipinski definition) is 4.